The first-order valence-electron chi connectivity index (χ1n) is 7.94. The van der Waals surface area contributed by atoms with Gasteiger partial charge in [0.2, 0.25) is 17.6 Å². The summed E-state index contributed by atoms with van der Waals surface area (Å²) in [6, 6.07) is 15.7. The standard InChI is InChI=1S/C19H19N3O2S/c1-13-6-8-15(9-7-13)19-21-18(24-22-19)12-25-11-17(23)20-16-5-3-4-14(2)10-16/h3-10H,11-12H2,1-2H3,(H,20,23). The maximum absolute atomic E-state index is 12.0. The molecule has 1 N–H and O–H groups in total. The molecule has 0 fully saturated rings. The second kappa shape index (κ2) is 7.98. The van der Waals surface area contributed by atoms with Crippen molar-refractivity contribution in [2.45, 2.75) is 19.6 Å². The number of benzene rings is 2. The molecule has 0 aliphatic rings. The number of thioether (sulfide) groups is 1. The Balaban J connectivity index is 1.49. The third-order valence-electron chi connectivity index (χ3n) is 3.54. The molecule has 2 aromatic carbocycles. The quantitative estimate of drug-likeness (QED) is 0.718. The molecular weight excluding hydrogens is 334 g/mol. The highest BCUT2D eigenvalue weighted by Gasteiger charge is 2.10. The minimum atomic E-state index is -0.0473. The van der Waals surface area contributed by atoms with Crippen LogP contribution in [0.3, 0.4) is 0 Å². The van der Waals surface area contributed by atoms with E-state index in [9.17, 15) is 4.79 Å². The monoisotopic (exact) mass is 353 g/mol. The molecule has 6 heteroatoms. The molecule has 5 nitrogen and oxygen atoms in total. The predicted molar refractivity (Wildman–Crippen MR) is 100 cm³/mol. The summed E-state index contributed by atoms with van der Waals surface area (Å²) in [4.78, 5) is 16.3. The number of aryl methyl sites for hydroxylation is 2. The van der Waals surface area contributed by atoms with Crippen LogP contribution in [0.5, 0.6) is 0 Å². The predicted octanol–water partition coefficient (Wildman–Crippen LogP) is 4.23. The maximum atomic E-state index is 12.0. The van der Waals surface area contributed by atoms with Crippen LogP contribution in [0.4, 0.5) is 5.69 Å². The van der Waals surface area contributed by atoms with Crippen molar-refractivity contribution in [3.63, 3.8) is 0 Å². The molecule has 25 heavy (non-hydrogen) atoms. The van der Waals surface area contributed by atoms with Gasteiger partial charge in [-0.15, -0.1) is 11.8 Å². The van der Waals surface area contributed by atoms with Crippen molar-refractivity contribution >= 4 is 23.4 Å². The van der Waals surface area contributed by atoms with Gasteiger partial charge in [0, 0.05) is 11.3 Å². The lowest BCUT2D eigenvalue weighted by Gasteiger charge is -2.05. The molecule has 1 amide bonds. The van der Waals surface area contributed by atoms with Crippen LogP contribution in [-0.4, -0.2) is 21.8 Å². The Labute approximate surface area is 150 Å². The highest BCUT2D eigenvalue weighted by molar-refractivity contribution is 7.99. The molecule has 128 valence electrons. The minimum Gasteiger partial charge on any atom is -0.338 e. The van der Waals surface area contributed by atoms with Crippen LogP contribution in [0.1, 0.15) is 17.0 Å². The van der Waals surface area contributed by atoms with Crippen molar-refractivity contribution < 1.29 is 9.32 Å². The van der Waals surface area contributed by atoms with Crippen LogP contribution in [0.15, 0.2) is 53.1 Å². The average Bonchev–Trinajstić information content (AvgIpc) is 3.04. The molecule has 0 aliphatic heterocycles. The van der Waals surface area contributed by atoms with Crippen molar-refractivity contribution in [2.75, 3.05) is 11.1 Å². The van der Waals surface area contributed by atoms with Gasteiger partial charge in [0.1, 0.15) is 0 Å². The van der Waals surface area contributed by atoms with E-state index in [4.69, 9.17) is 4.52 Å². The number of amides is 1. The number of nitrogens with zero attached hydrogens (tertiary/aromatic N) is 2. The molecule has 0 atom stereocenters. The Hall–Kier alpha value is -2.60. The minimum absolute atomic E-state index is 0.0473. The maximum Gasteiger partial charge on any atom is 0.236 e. The Morgan fingerprint density at radius 3 is 2.68 bits per heavy atom. The third kappa shape index (κ3) is 4.93. The first kappa shape index (κ1) is 17.2. The molecule has 3 aromatic rings. The second-order valence-electron chi connectivity index (χ2n) is 5.79. The van der Waals surface area contributed by atoms with Crippen LogP contribution < -0.4 is 5.32 Å². The van der Waals surface area contributed by atoms with E-state index in [0.29, 0.717) is 23.2 Å². The number of hydrogen-bond donors (Lipinski definition) is 1. The topological polar surface area (TPSA) is 68.0 Å². The third-order valence-corrected chi connectivity index (χ3v) is 4.46. The Bertz CT molecular complexity index is 859. The van der Waals surface area contributed by atoms with Gasteiger partial charge in [-0.2, -0.15) is 4.98 Å². The van der Waals surface area contributed by atoms with Crippen molar-refractivity contribution in [3.8, 4) is 11.4 Å². The van der Waals surface area contributed by atoms with Crippen LogP contribution >= 0.6 is 11.8 Å². The van der Waals surface area contributed by atoms with Crippen molar-refractivity contribution in [3.05, 3.63) is 65.5 Å². The molecular formula is C19H19N3O2S. The number of carbonyl (C=O) groups is 1. The van der Waals surface area contributed by atoms with Gasteiger partial charge >= 0.3 is 0 Å². The summed E-state index contributed by atoms with van der Waals surface area (Å²) in [5.74, 6) is 1.87. The van der Waals surface area contributed by atoms with Gasteiger partial charge < -0.3 is 9.84 Å². The zero-order chi connectivity index (χ0) is 17.6. The fourth-order valence-corrected chi connectivity index (χ4v) is 2.94. The molecule has 0 aliphatic carbocycles. The van der Waals surface area contributed by atoms with Crippen LogP contribution in [-0.2, 0) is 10.5 Å². The number of hydrogen-bond acceptors (Lipinski definition) is 5. The van der Waals surface area contributed by atoms with E-state index in [2.05, 4.69) is 15.5 Å². The molecule has 3 rings (SSSR count). The number of nitrogens with one attached hydrogen (secondary N) is 1. The van der Waals surface area contributed by atoms with Gasteiger partial charge in [0.15, 0.2) is 0 Å². The van der Waals surface area contributed by atoms with E-state index < -0.39 is 0 Å². The molecule has 1 heterocycles. The average molecular weight is 353 g/mol. The van der Waals surface area contributed by atoms with Crippen molar-refractivity contribution in [1.82, 2.24) is 10.1 Å². The molecule has 0 bridgehead atoms. The van der Waals surface area contributed by atoms with Gasteiger partial charge in [-0.3, -0.25) is 4.79 Å². The zero-order valence-electron chi connectivity index (χ0n) is 14.2. The zero-order valence-corrected chi connectivity index (χ0v) is 15.0. The van der Waals surface area contributed by atoms with Gasteiger partial charge in [-0.25, -0.2) is 0 Å². The van der Waals surface area contributed by atoms with Gasteiger partial charge in [-0.05, 0) is 31.5 Å². The summed E-state index contributed by atoms with van der Waals surface area (Å²) in [6.45, 7) is 4.02. The summed E-state index contributed by atoms with van der Waals surface area (Å²) < 4.78 is 5.25. The van der Waals surface area contributed by atoms with E-state index in [1.54, 1.807) is 0 Å². The fourth-order valence-electron chi connectivity index (χ4n) is 2.28. The summed E-state index contributed by atoms with van der Waals surface area (Å²) >= 11 is 1.44. The van der Waals surface area contributed by atoms with Crippen LogP contribution in [0.2, 0.25) is 0 Å². The van der Waals surface area contributed by atoms with E-state index >= 15 is 0 Å². The molecule has 1 aromatic heterocycles. The summed E-state index contributed by atoms with van der Waals surface area (Å²) in [6.07, 6.45) is 0. The number of carbonyl (C=O) groups excluding carboxylic acids is 1. The molecule has 0 radical (unpaired) electrons. The van der Waals surface area contributed by atoms with Gasteiger partial charge in [0.05, 0.1) is 11.5 Å². The van der Waals surface area contributed by atoms with Crippen LogP contribution in [0, 0.1) is 13.8 Å². The molecule has 0 saturated carbocycles. The number of anilines is 1. The normalized spacial score (nSPS) is 10.6. The SMILES string of the molecule is Cc1ccc(-c2noc(CSCC(=O)Nc3cccc(C)c3)n2)cc1. The van der Waals surface area contributed by atoms with E-state index in [0.717, 1.165) is 16.8 Å². The lowest BCUT2D eigenvalue weighted by molar-refractivity contribution is -0.113. The summed E-state index contributed by atoms with van der Waals surface area (Å²) in [7, 11) is 0. The smallest absolute Gasteiger partial charge is 0.236 e. The Kier molecular flexibility index (Phi) is 5.50. The van der Waals surface area contributed by atoms with E-state index in [-0.39, 0.29) is 5.91 Å². The lowest BCUT2D eigenvalue weighted by Crippen LogP contribution is -2.14. The Morgan fingerprint density at radius 2 is 1.92 bits per heavy atom. The van der Waals surface area contributed by atoms with E-state index in [1.807, 2.05) is 62.4 Å². The van der Waals surface area contributed by atoms with Crippen molar-refractivity contribution in [2.24, 2.45) is 0 Å². The van der Waals surface area contributed by atoms with Gasteiger partial charge in [-0.1, -0.05) is 47.1 Å². The molecule has 0 saturated heterocycles. The first-order chi connectivity index (χ1) is 12.1. The Morgan fingerprint density at radius 1 is 1.12 bits per heavy atom. The lowest BCUT2D eigenvalue weighted by atomic mass is 10.1. The van der Waals surface area contributed by atoms with Crippen molar-refractivity contribution in [1.29, 1.82) is 0 Å². The highest BCUT2D eigenvalue weighted by atomic mass is 32.2. The molecule has 0 spiro atoms. The largest absolute Gasteiger partial charge is 0.338 e. The highest BCUT2D eigenvalue weighted by Crippen LogP contribution is 2.19. The first-order valence-corrected chi connectivity index (χ1v) is 9.09. The van der Waals surface area contributed by atoms with Crippen LogP contribution in [0.25, 0.3) is 11.4 Å². The number of aromatic nitrogens is 2. The number of rotatable bonds is 6. The summed E-state index contributed by atoms with van der Waals surface area (Å²) in [5, 5.41) is 6.87. The second-order valence-corrected chi connectivity index (χ2v) is 6.77. The van der Waals surface area contributed by atoms with E-state index in [1.165, 1.54) is 17.3 Å². The summed E-state index contributed by atoms with van der Waals surface area (Å²) in [5.41, 5.74) is 4.02. The molecule has 0 unspecified atom stereocenters. The fraction of sp³-hybridized carbons (Fsp3) is 0.211. The van der Waals surface area contributed by atoms with Gasteiger partial charge in [0.25, 0.3) is 0 Å².